The third-order valence-corrected chi connectivity index (χ3v) is 4.65. The molecule has 2 amide bonds. The van der Waals surface area contributed by atoms with Gasteiger partial charge < -0.3 is 20.3 Å². The van der Waals surface area contributed by atoms with Gasteiger partial charge in [-0.3, -0.25) is 9.59 Å². The summed E-state index contributed by atoms with van der Waals surface area (Å²) in [4.78, 5) is 28.7. The van der Waals surface area contributed by atoms with Crippen LogP contribution < -0.4 is 10.6 Å². The summed E-state index contributed by atoms with van der Waals surface area (Å²) in [6.45, 7) is 1.62. The number of aliphatic hydroxyl groups is 1. The summed E-state index contributed by atoms with van der Waals surface area (Å²) in [5.74, 6) is -0.666. The lowest BCUT2D eigenvalue weighted by atomic mass is 10.2. The summed E-state index contributed by atoms with van der Waals surface area (Å²) in [7, 11) is 0. The van der Waals surface area contributed by atoms with Gasteiger partial charge in [0.05, 0.1) is 16.8 Å². The van der Waals surface area contributed by atoms with Gasteiger partial charge >= 0.3 is 0 Å². The molecule has 2 aromatic heterocycles. The van der Waals surface area contributed by atoms with Crippen LogP contribution in [0.1, 0.15) is 17.3 Å². The van der Waals surface area contributed by atoms with Gasteiger partial charge in [0.1, 0.15) is 6.04 Å². The zero-order valence-electron chi connectivity index (χ0n) is 13.6. The van der Waals surface area contributed by atoms with E-state index in [9.17, 15) is 9.59 Å². The van der Waals surface area contributed by atoms with Gasteiger partial charge in [-0.25, -0.2) is 4.98 Å². The van der Waals surface area contributed by atoms with Crippen molar-refractivity contribution in [2.45, 2.75) is 13.0 Å². The average molecular weight is 358 g/mol. The molecule has 0 saturated heterocycles. The van der Waals surface area contributed by atoms with Crippen LogP contribution in [0.15, 0.2) is 42.7 Å². The first-order valence-electron chi connectivity index (χ1n) is 7.82. The van der Waals surface area contributed by atoms with Gasteiger partial charge in [-0.15, -0.1) is 0 Å². The lowest BCUT2D eigenvalue weighted by Gasteiger charge is -2.13. The van der Waals surface area contributed by atoms with Crippen LogP contribution in [0.25, 0.3) is 15.3 Å². The largest absolute Gasteiger partial charge is 0.395 e. The smallest absolute Gasteiger partial charge is 0.251 e. The Labute approximate surface area is 148 Å². The van der Waals surface area contributed by atoms with E-state index in [4.69, 9.17) is 5.11 Å². The second kappa shape index (κ2) is 7.45. The minimum Gasteiger partial charge on any atom is -0.395 e. The number of carbonyl (C=O) groups is 2. The van der Waals surface area contributed by atoms with Gasteiger partial charge in [0.2, 0.25) is 5.91 Å². The van der Waals surface area contributed by atoms with Crippen molar-refractivity contribution in [3.63, 3.8) is 0 Å². The van der Waals surface area contributed by atoms with Crippen molar-refractivity contribution in [2.75, 3.05) is 13.2 Å². The van der Waals surface area contributed by atoms with Gasteiger partial charge in [0.25, 0.3) is 5.91 Å². The standard InChI is InChI=1S/C17H18N4O3S/c1-11(15(23)18-6-9-22)19-16(24)12-4-5-13-14(10-12)25-17(20-13)21-7-2-3-8-21/h2-5,7-8,10-11,22H,6,9H2,1H3,(H,18,23)(H,19,24)/t11-/m0/s1. The van der Waals surface area contributed by atoms with E-state index in [0.29, 0.717) is 5.56 Å². The van der Waals surface area contributed by atoms with Crippen molar-refractivity contribution in [3.8, 4) is 5.13 Å². The molecule has 0 aliphatic rings. The third-order valence-electron chi connectivity index (χ3n) is 3.62. The Hall–Kier alpha value is -2.71. The molecule has 0 spiro atoms. The molecule has 0 unspecified atom stereocenters. The minimum atomic E-state index is -0.688. The summed E-state index contributed by atoms with van der Waals surface area (Å²) in [5, 5.41) is 14.7. The number of fused-ring (bicyclic) bond motifs is 1. The van der Waals surface area contributed by atoms with Crippen LogP contribution in [0, 0.1) is 0 Å². The zero-order chi connectivity index (χ0) is 17.8. The number of nitrogens with one attached hydrogen (secondary N) is 2. The number of aliphatic hydroxyl groups excluding tert-OH is 1. The maximum atomic E-state index is 12.4. The van der Waals surface area contributed by atoms with E-state index >= 15 is 0 Å². The zero-order valence-corrected chi connectivity index (χ0v) is 14.4. The van der Waals surface area contributed by atoms with Crippen LogP contribution >= 0.6 is 11.3 Å². The number of nitrogens with zero attached hydrogens (tertiary/aromatic N) is 2. The maximum Gasteiger partial charge on any atom is 0.251 e. The summed E-state index contributed by atoms with van der Waals surface area (Å²) >= 11 is 1.49. The van der Waals surface area contributed by atoms with Gasteiger partial charge in [-0.1, -0.05) is 11.3 Å². The summed E-state index contributed by atoms with van der Waals surface area (Å²) < 4.78 is 2.81. The number of aromatic nitrogens is 2. The van der Waals surface area contributed by atoms with Crippen LogP contribution in [0.3, 0.4) is 0 Å². The Morgan fingerprint density at radius 1 is 1.32 bits per heavy atom. The fourth-order valence-corrected chi connectivity index (χ4v) is 3.28. The number of thiazole rings is 1. The molecule has 3 rings (SSSR count). The molecule has 130 valence electrons. The fraction of sp³-hybridized carbons (Fsp3) is 0.235. The number of rotatable bonds is 6. The number of benzene rings is 1. The quantitative estimate of drug-likeness (QED) is 0.619. The van der Waals surface area contributed by atoms with Crippen molar-refractivity contribution in [1.82, 2.24) is 20.2 Å². The molecule has 0 radical (unpaired) electrons. The first-order chi connectivity index (χ1) is 12.1. The highest BCUT2D eigenvalue weighted by molar-refractivity contribution is 7.20. The minimum absolute atomic E-state index is 0.141. The van der Waals surface area contributed by atoms with Crippen molar-refractivity contribution < 1.29 is 14.7 Å². The molecule has 7 nitrogen and oxygen atoms in total. The normalized spacial score (nSPS) is 12.1. The summed E-state index contributed by atoms with van der Waals surface area (Å²) in [6, 6.07) is 8.42. The lowest BCUT2D eigenvalue weighted by Crippen LogP contribution is -2.45. The molecule has 0 bridgehead atoms. The molecule has 3 N–H and O–H groups in total. The predicted octanol–water partition coefficient (Wildman–Crippen LogP) is 1.31. The molecule has 1 atom stereocenters. The number of amides is 2. The Morgan fingerprint density at radius 3 is 2.80 bits per heavy atom. The Bertz CT molecular complexity index is 889. The van der Waals surface area contributed by atoms with Crippen molar-refractivity contribution >= 4 is 33.4 Å². The molecule has 3 aromatic rings. The van der Waals surface area contributed by atoms with Crippen LogP contribution in [0.5, 0.6) is 0 Å². The predicted molar refractivity (Wildman–Crippen MR) is 96.0 cm³/mol. The SMILES string of the molecule is C[C@H](NC(=O)c1ccc2nc(-n3cccc3)sc2c1)C(=O)NCCO. The average Bonchev–Trinajstić information content (AvgIpc) is 3.27. The van der Waals surface area contributed by atoms with E-state index in [0.717, 1.165) is 15.3 Å². The molecular formula is C17H18N4O3S. The lowest BCUT2D eigenvalue weighted by molar-refractivity contribution is -0.122. The highest BCUT2D eigenvalue weighted by Gasteiger charge is 2.17. The van der Waals surface area contributed by atoms with E-state index in [1.165, 1.54) is 11.3 Å². The van der Waals surface area contributed by atoms with Crippen LogP contribution in [0.4, 0.5) is 0 Å². The molecule has 25 heavy (non-hydrogen) atoms. The van der Waals surface area contributed by atoms with Gasteiger partial charge in [-0.05, 0) is 37.3 Å². The summed E-state index contributed by atoms with van der Waals surface area (Å²) in [6.07, 6.45) is 3.83. The summed E-state index contributed by atoms with van der Waals surface area (Å²) in [5.41, 5.74) is 1.29. The first-order valence-corrected chi connectivity index (χ1v) is 8.63. The molecule has 8 heteroatoms. The highest BCUT2D eigenvalue weighted by Crippen LogP contribution is 2.26. The molecule has 0 aliphatic heterocycles. The topological polar surface area (TPSA) is 96.2 Å². The van der Waals surface area contributed by atoms with Gasteiger partial charge in [0.15, 0.2) is 5.13 Å². The maximum absolute atomic E-state index is 12.4. The van der Waals surface area contributed by atoms with E-state index in [-0.39, 0.29) is 25.0 Å². The van der Waals surface area contributed by atoms with Crippen LogP contribution in [0.2, 0.25) is 0 Å². The van der Waals surface area contributed by atoms with E-state index < -0.39 is 6.04 Å². The Kier molecular flexibility index (Phi) is 5.11. The van der Waals surface area contributed by atoms with E-state index in [1.54, 1.807) is 25.1 Å². The first kappa shape index (κ1) is 17.1. The van der Waals surface area contributed by atoms with E-state index in [1.807, 2.05) is 29.1 Å². The second-order valence-electron chi connectivity index (χ2n) is 5.48. The number of hydrogen-bond donors (Lipinski definition) is 3. The molecule has 1 aromatic carbocycles. The van der Waals surface area contributed by atoms with Crippen LogP contribution in [-0.2, 0) is 4.79 Å². The van der Waals surface area contributed by atoms with Crippen molar-refractivity contribution in [1.29, 1.82) is 0 Å². The molecular weight excluding hydrogens is 340 g/mol. The van der Waals surface area contributed by atoms with Crippen molar-refractivity contribution in [3.05, 3.63) is 48.3 Å². The second-order valence-corrected chi connectivity index (χ2v) is 6.49. The van der Waals surface area contributed by atoms with Crippen LogP contribution in [-0.4, -0.2) is 45.7 Å². The molecule has 2 heterocycles. The number of hydrogen-bond acceptors (Lipinski definition) is 5. The van der Waals surface area contributed by atoms with E-state index in [2.05, 4.69) is 15.6 Å². The highest BCUT2D eigenvalue weighted by atomic mass is 32.1. The molecule has 0 saturated carbocycles. The Morgan fingerprint density at radius 2 is 2.08 bits per heavy atom. The monoisotopic (exact) mass is 358 g/mol. The third kappa shape index (κ3) is 3.86. The molecule has 0 fully saturated rings. The fourth-order valence-electron chi connectivity index (χ4n) is 2.30. The Balaban J connectivity index is 1.74. The molecule has 0 aliphatic carbocycles. The van der Waals surface area contributed by atoms with Crippen molar-refractivity contribution in [2.24, 2.45) is 0 Å². The number of carbonyl (C=O) groups excluding carboxylic acids is 2. The van der Waals surface area contributed by atoms with Gasteiger partial charge in [0, 0.05) is 24.5 Å². The van der Waals surface area contributed by atoms with Gasteiger partial charge in [-0.2, -0.15) is 0 Å².